The first-order valence-electron chi connectivity index (χ1n) is 6.31. The van der Waals surface area contributed by atoms with Gasteiger partial charge in [-0.1, -0.05) is 18.6 Å². The van der Waals surface area contributed by atoms with Crippen LogP contribution in [0.3, 0.4) is 0 Å². The molecule has 0 aliphatic carbocycles. The van der Waals surface area contributed by atoms with Crippen LogP contribution in [0.25, 0.3) is 0 Å². The van der Waals surface area contributed by atoms with Crippen molar-refractivity contribution in [1.82, 2.24) is 0 Å². The van der Waals surface area contributed by atoms with Crippen molar-refractivity contribution in [3.63, 3.8) is 0 Å². The van der Waals surface area contributed by atoms with E-state index in [0.29, 0.717) is 5.92 Å². The lowest BCUT2D eigenvalue weighted by Crippen LogP contribution is -2.40. The summed E-state index contributed by atoms with van der Waals surface area (Å²) in [5.74, 6) is 0.678. The first-order chi connectivity index (χ1) is 7.93. The van der Waals surface area contributed by atoms with E-state index in [2.05, 4.69) is 26.8 Å². The van der Waals surface area contributed by atoms with Gasteiger partial charge in [0.15, 0.2) is 0 Å². The summed E-state index contributed by atoms with van der Waals surface area (Å²) in [6, 6.07) is 0. The van der Waals surface area contributed by atoms with Crippen molar-refractivity contribution in [2.75, 3.05) is 20.8 Å². The van der Waals surface area contributed by atoms with Crippen LogP contribution in [0.2, 0.25) is 6.55 Å². The Labute approximate surface area is 108 Å². The van der Waals surface area contributed by atoms with Crippen LogP contribution >= 0.6 is 0 Å². The second kappa shape index (κ2) is 8.86. The van der Waals surface area contributed by atoms with E-state index >= 15 is 0 Å². The molecular formula is C13H28O3Si. The first kappa shape index (κ1) is 16.8. The van der Waals surface area contributed by atoms with E-state index in [-0.39, 0.29) is 0 Å². The van der Waals surface area contributed by atoms with E-state index in [1.807, 2.05) is 6.55 Å². The van der Waals surface area contributed by atoms with Crippen LogP contribution in [-0.2, 0) is 13.3 Å². The second-order valence-electron chi connectivity index (χ2n) is 4.87. The molecule has 0 spiro atoms. The summed E-state index contributed by atoms with van der Waals surface area (Å²) in [5.41, 5.74) is 1.40. The smallest absolute Gasteiger partial charge is 0.377 e. The van der Waals surface area contributed by atoms with Crippen LogP contribution in [0.5, 0.6) is 0 Å². The predicted octanol–water partition coefficient (Wildman–Crippen LogP) is 3.64. The highest BCUT2D eigenvalue weighted by atomic mass is 28.4. The largest absolute Gasteiger partial charge is 0.497 e. The molecule has 0 amide bonds. The van der Waals surface area contributed by atoms with Gasteiger partial charge in [-0.05, 0) is 39.0 Å². The van der Waals surface area contributed by atoms with Crippen molar-refractivity contribution in [2.24, 2.45) is 5.92 Å². The van der Waals surface area contributed by atoms with Gasteiger partial charge in [-0.3, -0.25) is 0 Å². The third kappa shape index (κ3) is 8.55. The molecule has 3 nitrogen and oxygen atoms in total. The van der Waals surface area contributed by atoms with E-state index in [9.17, 15) is 0 Å². The maximum Gasteiger partial charge on any atom is 0.497 e. The average molecular weight is 260 g/mol. The normalized spacial score (nSPS) is 13.5. The Kier molecular flexibility index (Phi) is 8.77. The van der Waals surface area contributed by atoms with Crippen molar-refractivity contribution < 1.29 is 13.3 Å². The van der Waals surface area contributed by atoms with Gasteiger partial charge in [0.1, 0.15) is 0 Å². The molecule has 0 radical (unpaired) electrons. The summed E-state index contributed by atoms with van der Waals surface area (Å²) in [5, 5.41) is 0. The molecule has 0 aromatic rings. The zero-order chi connectivity index (χ0) is 13.3. The Morgan fingerprint density at radius 3 is 2.24 bits per heavy atom. The van der Waals surface area contributed by atoms with Crippen LogP contribution in [0.15, 0.2) is 11.6 Å². The maximum absolute atomic E-state index is 5.71. The topological polar surface area (TPSA) is 27.7 Å². The van der Waals surface area contributed by atoms with Gasteiger partial charge in [-0.15, -0.1) is 0 Å². The summed E-state index contributed by atoms with van der Waals surface area (Å²) < 4.78 is 16.2. The van der Waals surface area contributed by atoms with Gasteiger partial charge in [-0.2, -0.15) is 0 Å². The van der Waals surface area contributed by atoms with E-state index in [0.717, 1.165) is 19.4 Å². The molecular weight excluding hydrogens is 232 g/mol. The lowest BCUT2D eigenvalue weighted by atomic mass is 10.0. The molecule has 0 saturated heterocycles. The quantitative estimate of drug-likeness (QED) is 0.468. The van der Waals surface area contributed by atoms with Crippen LogP contribution in [0.1, 0.15) is 40.0 Å². The fourth-order valence-corrected chi connectivity index (χ4v) is 2.34. The molecule has 1 unspecified atom stereocenters. The summed E-state index contributed by atoms with van der Waals surface area (Å²) >= 11 is 0. The zero-order valence-corrected chi connectivity index (χ0v) is 13.2. The Morgan fingerprint density at radius 2 is 1.76 bits per heavy atom. The van der Waals surface area contributed by atoms with E-state index in [1.165, 1.54) is 12.0 Å². The zero-order valence-electron chi connectivity index (χ0n) is 12.2. The number of rotatable bonds is 9. The van der Waals surface area contributed by atoms with Crippen molar-refractivity contribution in [3.8, 4) is 0 Å². The van der Waals surface area contributed by atoms with Gasteiger partial charge in [-0.25, -0.2) is 0 Å². The number of allylic oxidation sites excluding steroid dienone is 2. The molecule has 0 saturated carbocycles. The molecule has 0 aromatic carbocycles. The first-order valence-corrected chi connectivity index (χ1v) is 8.53. The lowest BCUT2D eigenvalue weighted by molar-refractivity contribution is 0.0996. The minimum Gasteiger partial charge on any atom is -0.377 e. The highest BCUT2D eigenvalue weighted by Crippen LogP contribution is 2.14. The third-order valence-electron chi connectivity index (χ3n) is 2.93. The minimum atomic E-state index is -2.33. The molecule has 0 aliphatic heterocycles. The summed E-state index contributed by atoms with van der Waals surface area (Å²) in [6.45, 7) is 9.19. The SMILES string of the molecule is CO[Si](C)(OC)OCCC(C)CCC=C(C)C. The lowest BCUT2D eigenvalue weighted by Gasteiger charge is -2.22. The van der Waals surface area contributed by atoms with Gasteiger partial charge < -0.3 is 13.3 Å². The Morgan fingerprint density at radius 1 is 1.18 bits per heavy atom. The predicted molar refractivity (Wildman–Crippen MR) is 74.0 cm³/mol. The van der Waals surface area contributed by atoms with Crippen molar-refractivity contribution in [1.29, 1.82) is 0 Å². The summed E-state index contributed by atoms with van der Waals surface area (Å²) in [6.07, 6.45) is 5.73. The molecule has 17 heavy (non-hydrogen) atoms. The standard InChI is InChI=1S/C13H28O3Si/c1-12(2)8-7-9-13(3)10-11-16-17(6,14-4)15-5/h8,13H,7,9-11H2,1-6H3. The van der Waals surface area contributed by atoms with Gasteiger partial charge >= 0.3 is 8.80 Å². The minimum absolute atomic E-state index is 0.678. The maximum atomic E-state index is 5.71. The third-order valence-corrected chi connectivity index (χ3v) is 5.14. The van der Waals surface area contributed by atoms with Crippen LogP contribution < -0.4 is 0 Å². The molecule has 0 fully saturated rings. The molecule has 1 atom stereocenters. The highest BCUT2D eigenvalue weighted by molar-refractivity contribution is 6.59. The van der Waals surface area contributed by atoms with Gasteiger partial charge in [0.25, 0.3) is 0 Å². The number of hydrogen-bond donors (Lipinski definition) is 0. The summed E-state index contributed by atoms with van der Waals surface area (Å²) in [7, 11) is 0.968. The van der Waals surface area contributed by atoms with Crippen LogP contribution in [-0.4, -0.2) is 29.6 Å². The molecule has 0 bridgehead atoms. The van der Waals surface area contributed by atoms with Crippen LogP contribution in [0.4, 0.5) is 0 Å². The molecule has 102 valence electrons. The molecule has 4 heteroatoms. The molecule has 0 rings (SSSR count). The van der Waals surface area contributed by atoms with E-state index < -0.39 is 8.80 Å². The average Bonchev–Trinajstić information content (AvgIpc) is 2.28. The summed E-state index contributed by atoms with van der Waals surface area (Å²) in [4.78, 5) is 0. The van der Waals surface area contributed by atoms with Gasteiger partial charge in [0.2, 0.25) is 0 Å². The highest BCUT2D eigenvalue weighted by Gasteiger charge is 2.31. The Hall–Kier alpha value is -0.163. The fourth-order valence-electron chi connectivity index (χ4n) is 1.45. The fraction of sp³-hybridized carbons (Fsp3) is 0.846. The molecule has 0 N–H and O–H groups in total. The van der Waals surface area contributed by atoms with Gasteiger partial charge in [0, 0.05) is 27.4 Å². The monoisotopic (exact) mass is 260 g/mol. The molecule has 0 heterocycles. The van der Waals surface area contributed by atoms with Crippen molar-refractivity contribution in [2.45, 2.75) is 46.6 Å². The van der Waals surface area contributed by atoms with E-state index in [1.54, 1.807) is 14.2 Å². The Bertz CT molecular complexity index is 221. The van der Waals surface area contributed by atoms with Crippen molar-refractivity contribution >= 4 is 8.80 Å². The van der Waals surface area contributed by atoms with Crippen molar-refractivity contribution in [3.05, 3.63) is 11.6 Å². The number of hydrogen-bond acceptors (Lipinski definition) is 3. The second-order valence-corrected chi connectivity index (χ2v) is 7.70. The van der Waals surface area contributed by atoms with Crippen LogP contribution in [0, 0.1) is 5.92 Å². The van der Waals surface area contributed by atoms with E-state index in [4.69, 9.17) is 13.3 Å². The Balaban J connectivity index is 3.70. The molecule has 0 aromatic heterocycles. The molecule has 0 aliphatic rings. The van der Waals surface area contributed by atoms with Gasteiger partial charge in [0.05, 0.1) is 0 Å².